The van der Waals surface area contributed by atoms with Gasteiger partial charge in [-0.15, -0.1) is 0 Å². The van der Waals surface area contributed by atoms with Crippen LogP contribution in [0.4, 0.5) is 0 Å². The van der Waals surface area contributed by atoms with Crippen molar-refractivity contribution in [3.8, 4) is 0 Å². The molecule has 2 atom stereocenters. The van der Waals surface area contributed by atoms with Crippen molar-refractivity contribution in [1.29, 1.82) is 0 Å². The maximum atomic E-state index is 5.98. The average Bonchev–Trinajstić information content (AvgIpc) is 2.42. The van der Waals surface area contributed by atoms with E-state index in [9.17, 15) is 0 Å². The molecule has 0 saturated carbocycles. The van der Waals surface area contributed by atoms with Gasteiger partial charge >= 0.3 is 0 Å². The standard InChI is InChI=1S/C11H14ClN/c1-3-8-7-13(2)11-5-4-9(12)6-10(8)11/h4-7,10-11H,3H2,1-2H3. The number of hydrogen-bond acceptors (Lipinski definition) is 1. The zero-order chi connectivity index (χ0) is 9.42. The van der Waals surface area contributed by atoms with Gasteiger partial charge in [0.15, 0.2) is 0 Å². The second-order valence-corrected chi connectivity index (χ2v) is 4.09. The highest BCUT2D eigenvalue weighted by Crippen LogP contribution is 2.35. The third kappa shape index (κ3) is 1.42. The summed E-state index contributed by atoms with van der Waals surface area (Å²) >= 11 is 5.98. The molecule has 0 bridgehead atoms. The Balaban J connectivity index is 2.29. The molecule has 0 spiro atoms. The molecule has 0 saturated heterocycles. The molecule has 2 aliphatic rings. The maximum Gasteiger partial charge on any atom is 0.0569 e. The van der Waals surface area contributed by atoms with E-state index in [0.29, 0.717) is 12.0 Å². The van der Waals surface area contributed by atoms with Gasteiger partial charge in [0.1, 0.15) is 0 Å². The van der Waals surface area contributed by atoms with Crippen LogP contribution in [0.5, 0.6) is 0 Å². The van der Waals surface area contributed by atoms with Crippen LogP contribution in [-0.4, -0.2) is 18.0 Å². The number of halogens is 1. The van der Waals surface area contributed by atoms with Crippen molar-refractivity contribution in [3.05, 3.63) is 35.0 Å². The van der Waals surface area contributed by atoms with Crippen molar-refractivity contribution >= 4 is 11.6 Å². The van der Waals surface area contributed by atoms with Crippen molar-refractivity contribution in [2.45, 2.75) is 19.4 Å². The minimum absolute atomic E-state index is 0.498. The molecule has 0 fully saturated rings. The van der Waals surface area contributed by atoms with Crippen molar-refractivity contribution < 1.29 is 0 Å². The van der Waals surface area contributed by atoms with Gasteiger partial charge in [-0.25, -0.2) is 0 Å². The quantitative estimate of drug-likeness (QED) is 0.622. The lowest BCUT2D eigenvalue weighted by Crippen LogP contribution is -2.27. The zero-order valence-corrected chi connectivity index (χ0v) is 8.75. The van der Waals surface area contributed by atoms with Crippen LogP contribution in [0.15, 0.2) is 35.0 Å². The molecule has 13 heavy (non-hydrogen) atoms. The summed E-state index contributed by atoms with van der Waals surface area (Å²) in [5.41, 5.74) is 1.48. The van der Waals surface area contributed by atoms with E-state index in [2.05, 4.69) is 37.2 Å². The van der Waals surface area contributed by atoms with Gasteiger partial charge in [0.25, 0.3) is 0 Å². The molecule has 0 aromatic rings. The van der Waals surface area contributed by atoms with Crippen molar-refractivity contribution in [1.82, 2.24) is 4.90 Å². The minimum atomic E-state index is 0.498. The van der Waals surface area contributed by atoms with Crippen LogP contribution < -0.4 is 0 Å². The highest BCUT2D eigenvalue weighted by Gasteiger charge is 2.30. The normalized spacial score (nSPS) is 31.5. The predicted molar refractivity (Wildman–Crippen MR) is 56.5 cm³/mol. The molecule has 2 unspecified atom stereocenters. The average molecular weight is 196 g/mol. The van der Waals surface area contributed by atoms with Crippen LogP contribution in [0.3, 0.4) is 0 Å². The Morgan fingerprint density at radius 2 is 2.31 bits per heavy atom. The SMILES string of the molecule is CCC1=CN(C)C2C=CC(Cl)=CC12. The monoisotopic (exact) mass is 195 g/mol. The summed E-state index contributed by atoms with van der Waals surface area (Å²) in [5.74, 6) is 0.507. The summed E-state index contributed by atoms with van der Waals surface area (Å²) in [4.78, 5) is 2.26. The van der Waals surface area contributed by atoms with E-state index in [-0.39, 0.29) is 0 Å². The van der Waals surface area contributed by atoms with Gasteiger partial charge in [0, 0.05) is 18.0 Å². The van der Waals surface area contributed by atoms with Gasteiger partial charge in [-0.05, 0) is 24.3 Å². The molecular formula is C11H14ClN. The fourth-order valence-electron chi connectivity index (χ4n) is 2.11. The first kappa shape index (κ1) is 8.89. The van der Waals surface area contributed by atoms with Gasteiger partial charge in [0.2, 0.25) is 0 Å². The Hall–Kier alpha value is -0.690. The largest absolute Gasteiger partial charge is 0.373 e. The Kier molecular flexibility index (Phi) is 2.20. The molecule has 0 N–H and O–H groups in total. The predicted octanol–water partition coefficient (Wildman–Crippen LogP) is 2.90. The Morgan fingerprint density at radius 1 is 1.54 bits per heavy atom. The number of nitrogens with zero attached hydrogens (tertiary/aromatic N) is 1. The van der Waals surface area contributed by atoms with Crippen LogP contribution in [-0.2, 0) is 0 Å². The Morgan fingerprint density at radius 3 is 3.00 bits per heavy atom. The van der Waals surface area contributed by atoms with Crippen LogP contribution >= 0.6 is 11.6 Å². The number of likely N-dealkylation sites (N-methyl/N-ethyl adjacent to an activating group) is 1. The highest BCUT2D eigenvalue weighted by molar-refractivity contribution is 6.31. The van der Waals surface area contributed by atoms with Crippen LogP contribution in [0.25, 0.3) is 0 Å². The number of hydrogen-bond donors (Lipinski definition) is 0. The van der Waals surface area contributed by atoms with Crippen molar-refractivity contribution in [3.63, 3.8) is 0 Å². The Labute approximate surface area is 84.4 Å². The van der Waals surface area contributed by atoms with Crippen LogP contribution in [0.1, 0.15) is 13.3 Å². The second kappa shape index (κ2) is 3.22. The van der Waals surface area contributed by atoms with Gasteiger partial charge in [-0.1, -0.05) is 30.7 Å². The van der Waals surface area contributed by atoms with Crippen LogP contribution in [0.2, 0.25) is 0 Å². The van der Waals surface area contributed by atoms with Gasteiger partial charge in [0.05, 0.1) is 6.04 Å². The maximum absolute atomic E-state index is 5.98. The second-order valence-electron chi connectivity index (χ2n) is 3.65. The first-order valence-electron chi connectivity index (χ1n) is 4.70. The summed E-state index contributed by atoms with van der Waals surface area (Å²) in [6, 6.07) is 0.498. The molecule has 1 heterocycles. The third-order valence-electron chi connectivity index (χ3n) is 2.84. The highest BCUT2D eigenvalue weighted by atomic mass is 35.5. The molecule has 0 amide bonds. The molecular weight excluding hydrogens is 182 g/mol. The minimum Gasteiger partial charge on any atom is -0.373 e. The van der Waals surface area contributed by atoms with Crippen molar-refractivity contribution in [2.24, 2.45) is 5.92 Å². The number of allylic oxidation sites excluding steroid dienone is 2. The lowest BCUT2D eigenvalue weighted by molar-refractivity contribution is 0.377. The zero-order valence-electron chi connectivity index (χ0n) is 8.00. The van der Waals surface area contributed by atoms with E-state index < -0.39 is 0 Å². The summed E-state index contributed by atoms with van der Waals surface area (Å²) in [7, 11) is 2.12. The molecule has 0 radical (unpaired) electrons. The van der Waals surface area contributed by atoms with Gasteiger partial charge in [-0.2, -0.15) is 0 Å². The summed E-state index contributed by atoms with van der Waals surface area (Å²) < 4.78 is 0. The first-order valence-corrected chi connectivity index (χ1v) is 5.08. The molecule has 0 aromatic heterocycles. The van der Waals surface area contributed by atoms with E-state index in [1.807, 2.05) is 6.08 Å². The van der Waals surface area contributed by atoms with Crippen molar-refractivity contribution in [2.75, 3.05) is 7.05 Å². The summed E-state index contributed by atoms with van der Waals surface area (Å²) in [6.07, 6.45) is 9.69. The molecule has 2 heteroatoms. The van der Waals surface area contributed by atoms with E-state index in [4.69, 9.17) is 11.6 Å². The molecule has 70 valence electrons. The molecule has 2 rings (SSSR count). The lowest BCUT2D eigenvalue weighted by atomic mass is 9.90. The van der Waals surface area contributed by atoms with E-state index >= 15 is 0 Å². The number of fused-ring (bicyclic) bond motifs is 1. The van der Waals surface area contributed by atoms with Crippen LogP contribution in [0, 0.1) is 5.92 Å². The van der Waals surface area contributed by atoms with Gasteiger partial charge in [-0.3, -0.25) is 0 Å². The van der Waals surface area contributed by atoms with E-state index in [1.165, 1.54) is 5.57 Å². The molecule has 0 aromatic carbocycles. The van der Waals surface area contributed by atoms with E-state index in [0.717, 1.165) is 11.5 Å². The fourth-order valence-corrected chi connectivity index (χ4v) is 2.32. The summed E-state index contributed by atoms with van der Waals surface area (Å²) in [6.45, 7) is 2.20. The van der Waals surface area contributed by atoms with E-state index in [1.54, 1.807) is 0 Å². The topological polar surface area (TPSA) is 3.24 Å². The number of rotatable bonds is 1. The Bertz CT molecular complexity index is 301. The smallest absolute Gasteiger partial charge is 0.0569 e. The first-order chi connectivity index (χ1) is 6.22. The molecule has 1 aliphatic heterocycles. The molecule has 1 aliphatic carbocycles. The molecule has 1 nitrogen and oxygen atoms in total. The fraction of sp³-hybridized carbons (Fsp3) is 0.455. The van der Waals surface area contributed by atoms with Gasteiger partial charge < -0.3 is 4.90 Å². The summed E-state index contributed by atoms with van der Waals surface area (Å²) in [5, 5.41) is 0.871. The third-order valence-corrected chi connectivity index (χ3v) is 3.09. The lowest BCUT2D eigenvalue weighted by Gasteiger charge is -2.25.